The third-order valence-electron chi connectivity index (χ3n) is 2.83. The highest BCUT2D eigenvalue weighted by Gasteiger charge is 2.21. The number of benzene rings is 1. The van der Waals surface area contributed by atoms with Gasteiger partial charge in [-0.15, -0.1) is 0 Å². The molecule has 76 valence electrons. The Bertz CT molecular complexity index is 307. The summed E-state index contributed by atoms with van der Waals surface area (Å²) >= 11 is 0. The smallest absolute Gasteiger partial charge is 0.0801 e. The van der Waals surface area contributed by atoms with E-state index in [-0.39, 0.29) is 6.10 Å². The van der Waals surface area contributed by atoms with Gasteiger partial charge >= 0.3 is 0 Å². The maximum atomic E-state index is 5.87. The molecule has 0 bridgehead atoms. The van der Waals surface area contributed by atoms with E-state index in [1.807, 2.05) is 18.2 Å². The van der Waals surface area contributed by atoms with E-state index >= 15 is 0 Å². The van der Waals surface area contributed by atoms with E-state index in [1.54, 1.807) is 0 Å². The van der Waals surface area contributed by atoms with Gasteiger partial charge < -0.3 is 10.5 Å². The first kappa shape index (κ1) is 9.53. The van der Waals surface area contributed by atoms with E-state index < -0.39 is 0 Å². The van der Waals surface area contributed by atoms with Crippen molar-refractivity contribution in [3.05, 3.63) is 29.8 Å². The van der Waals surface area contributed by atoms with Crippen LogP contribution in [0.25, 0.3) is 0 Å². The summed E-state index contributed by atoms with van der Waals surface area (Å²) in [5.74, 6) is 0. The van der Waals surface area contributed by atoms with Crippen LogP contribution in [0.15, 0.2) is 24.3 Å². The second-order valence-electron chi connectivity index (χ2n) is 4.00. The van der Waals surface area contributed by atoms with Crippen LogP contribution in [0.5, 0.6) is 0 Å². The molecule has 1 aromatic rings. The number of nitrogens with two attached hydrogens (primary N) is 1. The molecule has 1 aliphatic carbocycles. The predicted octanol–water partition coefficient (Wildman–Crippen LogP) is 2.90. The summed E-state index contributed by atoms with van der Waals surface area (Å²) in [4.78, 5) is 0. The highest BCUT2D eigenvalue weighted by atomic mass is 16.5. The average Bonchev–Trinajstić information content (AvgIpc) is 2.11. The van der Waals surface area contributed by atoms with Crippen LogP contribution < -0.4 is 5.73 Å². The Morgan fingerprint density at radius 3 is 2.79 bits per heavy atom. The van der Waals surface area contributed by atoms with Gasteiger partial charge in [0.05, 0.1) is 12.2 Å². The van der Waals surface area contributed by atoms with Gasteiger partial charge in [0.1, 0.15) is 0 Å². The molecular weight excluding hydrogens is 174 g/mol. The quantitative estimate of drug-likeness (QED) is 0.745. The van der Waals surface area contributed by atoms with E-state index in [0.717, 1.165) is 5.69 Å². The predicted molar refractivity (Wildman–Crippen MR) is 58.0 cm³/mol. The van der Waals surface area contributed by atoms with Gasteiger partial charge in [0.25, 0.3) is 0 Å². The van der Waals surface area contributed by atoms with E-state index in [0.29, 0.717) is 6.10 Å². The molecule has 2 nitrogen and oxygen atoms in total. The molecule has 0 aromatic heterocycles. The maximum absolute atomic E-state index is 5.87. The Morgan fingerprint density at radius 2 is 2.21 bits per heavy atom. The fourth-order valence-electron chi connectivity index (χ4n) is 1.69. The lowest BCUT2D eigenvalue weighted by Crippen LogP contribution is -2.23. The average molecular weight is 191 g/mol. The lowest BCUT2D eigenvalue weighted by Gasteiger charge is -2.29. The van der Waals surface area contributed by atoms with Crippen molar-refractivity contribution in [3.8, 4) is 0 Å². The van der Waals surface area contributed by atoms with Gasteiger partial charge in [-0.25, -0.2) is 0 Å². The molecule has 0 spiro atoms. The van der Waals surface area contributed by atoms with Gasteiger partial charge in [-0.05, 0) is 43.9 Å². The molecule has 1 fully saturated rings. The molecule has 1 aromatic carbocycles. The van der Waals surface area contributed by atoms with Crippen molar-refractivity contribution in [2.24, 2.45) is 0 Å². The van der Waals surface area contributed by atoms with E-state index in [9.17, 15) is 0 Å². The summed E-state index contributed by atoms with van der Waals surface area (Å²) in [6.45, 7) is 2.09. The van der Waals surface area contributed by atoms with E-state index in [1.165, 1.54) is 24.8 Å². The zero-order chi connectivity index (χ0) is 9.97. The van der Waals surface area contributed by atoms with Crippen LogP contribution in [0, 0.1) is 0 Å². The van der Waals surface area contributed by atoms with Crippen LogP contribution in [-0.4, -0.2) is 6.10 Å². The minimum absolute atomic E-state index is 0.170. The Hall–Kier alpha value is -1.02. The van der Waals surface area contributed by atoms with Crippen LogP contribution in [-0.2, 0) is 4.74 Å². The summed E-state index contributed by atoms with van der Waals surface area (Å²) in [6, 6.07) is 7.94. The molecule has 2 heteroatoms. The van der Waals surface area contributed by atoms with E-state index in [4.69, 9.17) is 10.5 Å². The molecule has 0 saturated heterocycles. The van der Waals surface area contributed by atoms with Gasteiger partial charge in [0.15, 0.2) is 0 Å². The molecule has 1 unspecified atom stereocenters. The van der Waals surface area contributed by atoms with Crippen LogP contribution in [0.3, 0.4) is 0 Å². The minimum atomic E-state index is 0.170. The second kappa shape index (κ2) is 4.01. The molecule has 2 rings (SSSR count). The van der Waals surface area contributed by atoms with Gasteiger partial charge in [-0.3, -0.25) is 0 Å². The number of anilines is 1. The standard InChI is InChI=1S/C12H17NO/c1-9(14-12-6-3-7-12)10-4-2-5-11(13)8-10/h2,4-5,8-9,12H,3,6-7,13H2,1H3. The topological polar surface area (TPSA) is 35.2 Å². The summed E-state index contributed by atoms with van der Waals surface area (Å²) in [7, 11) is 0. The highest BCUT2D eigenvalue weighted by Crippen LogP contribution is 2.29. The third-order valence-corrected chi connectivity index (χ3v) is 2.83. The zero-order valence-corrected chi connectivity index (χ0v) is 8.57. The lowest BCUT2D eigenvalue weighted by atomic mass is 9.95. The molecule has 0 aliphatic heterocycles. The Kier molecular flexibility index (Phi) is 2.73. The van der Waals surface area contributed by atoms with Crippen LogP contribution >= 0.6 is 0 Å². The molecule has 2 N–H and O–H groups in total. The Morgan fingerprint density at radius 1 is 1.43 bits per heavy atom. The number of ether oxygens (including phenoxy) is 1. The molecule has 0 radical (unpaired) electrons. The van der Waals surface area contributed by atoms with Crippen molar-refractivity contribution in [1.82, 2.24) is 0 Å². The summed E-state index contributed by atoms with van der Waals surface area (Å²) < 4.78 is 5.87. The monoisotopic (exact) mass is 191 g/mol. The van der Waals surface area contributed by atoms with Crippen LogP contribution in [0.2, 0.25) is 0 Å². The number of nitrogen functional groups attached to an aromatic ring is 1. The molecular formula is C12H17NO. The minimum Gasteiger partial charge on any atom is -0.399 e. The van der Waals surface area contributed by atoms with Crippen molar-refractivity contribution in [2.45, 2.75) is 38.4 Å². The lowest BCUT2D eigenvalue weighted by molar-refractivity contribution is -0.0445. The molecule has 1 saturated carbocycles. The van der Waals surface area contributed by atoms with Crippen molar-refractivity contribution < 1.29 is 4.74 Å². The molecule has 1 aliphatic rings. The first-order valence-corrected chi connectivity index (χ1v) is 5.26. The summed E-state index contributed by atoms with van der Waals surface area (Å²) in [6.07, 6.45) is 4.39. The van der Waals surface area contributed by atoms with E-state index in [2.05, 4.69) is 13.0 Å². The Labute approximate surface area is 85.1 Å². The third kappa shape index (κ3) is 2.07. The molecule has 14 heavy (non-hydrogen) atoms. The van der Waals surface area contributed by atoms with Crippen LogP contribution in [0.4, 0.5) is 5.69 Å². The van der Waals surface area contributed by atoms with Gasteiger partial charge in [0, 0.05) is 5.69 Å². The van der Waals surface area contributed by atoms with Crippen LogP contribution in [0.1, 0.15) is 37.9 Å². The fourth-order valence-corrected chi connectivity index (χ4v) is 1.69. The first-order valence-electron chi connectivity index (χ1n) is 5.26. The molecule has 1 atom stereocenters. The van der Waals surface area contributed by atoms with Crippen molar-refractivity contribution in [2.75, 3.05) is 5.73 Å². The van der Waals surface area contributed by atoms with Crippen molar-refractivity contribution in [3.63, 3.8) is 0 Å². The highest BCUT2D eigenvalue weighted by molar-refractivity contribution is 5.41. The SMILES string of the molecule is CC(OC1CCC1)c1cccc(N)c1. The number of hydrogen-bond acceptors (Lipinski definition) is 2. The van der Waals surface area contributed by atoms with Gasteiger partial charge in [0.2, 0.25) is 0 Å². The summed E-state index contributed by atoms with van der Waals surface area (Å²) in [5.41, 5.74) is 7.71. The molecule has 0 amide bonds. The van der Waals surface area contributed by atoms with Gasteiger partial charge in [-0.2, -0.15) is 0 Å². The second-order valence-corrected chi connectivity index (χ2v) is 4.00. The maximum Gasteiger partial charge on any atom is 0.0801 e. The number of rotatable bonds is 3. The molecule has 0 heterocycles. The number of hydrogen-bond donors (Lipinski definition) is 1. The van der Waals surface area contributed by atoms with Crippen molar-refractivity contribution in [1.29, 1.82) is 0 Å². The summed E-state index contributed by atoms with van der Waals surface area (Å²) in [5, 5.41) is 0. The normalized spacial score (nSPS) is 18.9. The van der Waals surface area contributed by atoms with Crippen molar-refractivity contribution >= 4 is 5.69 Å². The zero-order valence-electron chi connectivity index (χ0n) is 8.57. The largest absolute Gasteiger partial charge is 0.399 e. The fraction of sp³-hybridized carbons (Fsp3) is 0.500. The first-order chi connectivity index (χ1) is 6.75. The Balaban J connectivity index is 1.98. The van der Waals surface area contributed by atoms with Gasteiger partial charge in [-0.1, -0.05) is 12.1 Å².